The summed E-state index contributed by atoms with van der Waals surface area (Å²) in [6, 6.07) is 9.83. The van der Waals surface area contributed by atoms with E-state index in [1.165, 1.54) is 7.11 Å². The number of thioether (sulfide) groups is 1. The SMILES string of the molecule is CCC(Sc1ccccc1)C(=O)N1CCCC(COC)(C(=O)O)C1. The first-order valence-corrected chi connectivity index (χ1v) is 9.13. The van der Waals surface area contributed by atoms with Gasteiger partial charge in [0.1, 0.15) is 5.41 Å². The Kier molecular flexibility index (Phi) is 6.69. The Morgan fingerprint density at radius 3 is 2.67 bits per heavy atom. The lowest BCUT2D eigenvalue weighted by Gasteiger charge is -2.40. The molecule has 2 unspecified atom stereocenters. The Bertz CT molecular complexity index is 561. The molecule has 2 atom stereocenters. The molecular formula is C18H25NO4S. The predicted molar refractivity (Wildman–Crippen MR) is 94.1 cm³/mol. The zero-order valence-corrected chi connectivity index (χ0v) is 15.1. The van der Waals surface area contributed by atoms with E-state index in [9.17, 15) is 14.7 Å². The fraction of sp³-hybridized carbons (Fsp3) is 0.556. The molecule has 0 aromatic heterocycles. The van der Waals surface area contributed by atoms with Crippen LogP contribution in [0.1, 0.15) is 26.2 Å². The van der Waals surface area contributed by atoms with Crippen LogP contribution in [0, 0.1) is 5.41 Å². The molecular weight excluding hydrogens is 326 g/mol. The molecule has 1 aromatic carbocycles. The first kappa shape index (κ1) is 18.8. The number of ether oxygens (including phenoxy) is 1. The van der Waals surface area contributed by atoms with Gasteiger partial charge in [-0.15, -0.1) is 11.8 Å². The molecule has 1 aliphatic heterocycles. The van der Waals surface area contributed by atoms with Gasteiger partial charge in [-0.1, -0.05) is 25.1 Å². The minimum Gasteiger partial charge on any atom is -0.481 e. The van der Waals surface area contributed by atoms with Crippen molar-refractivity contribution in [3.63, 3.8) is 0 Å². The summed E-state index contributed by atoms with van der Waals surface area (Å²) in [4.78, 5) is 27.4. The highest BCUT2D eigenvalue weighted by Crippen LogP contribution is 2.33. The van der Waals surface area contributed by atoms with E-state index < -0.39 is 11.4 Å². The fourth-order valence-corrected chi connectivity index (χ4v) is 4.18. The quantitative estimate of drug-likeness (QED) is 0.765. The van der Waals surface area contributed by atoms with Crippen LogP contribution in [0.3, 0.4) is 0 Å². The second-order valence-electron chi connectivity index (χ2n) is 6.21. The molecule has 0 aliphatic carbocycles. The Hall–Kier alpha value is -1.53. The van der Waals surface area contributed by atoms with Gasteiger partial charge in [-0.3, -0.25) is 9.59 Å². The fourth-order valence-electron chi connectivity index (χ4n) is 3.13. The number of rotatable bonds is 7. The van der Waals surface area contributed by atoms with Gasteiger partial charge in [0.05, 0.1) is 11.9 Å². The maximum absolute atomic E-state index is 12.9. The summed E-state index contributed by atoms with van der Waals surface area (Å²) in [6.07, 6.45) is 1.94. The number of amides is 1. The van der Waals surface area contributed by atoms with Crippen LogP contribution in [0.15, 0.2) is 35.2 Å². The number of carboxylic acids is 1. The number of hydrogen-bond acceptors (Lipinski definition) is 4. The molecule has 132 valence electrons. The number of nitrogens with zero attached hydrogens (tertiary/aromatic N) is 1. The van der Waals surface area contributed by atoms with Crippen molar-refractivity contribution in [1.29, 1.82) is 0 Å². The van der Waals surface area contributed by atoms with E-state index in [-0.39, 0.29) is 24.3 Å². The number of likely N-dealkylation sites (tertiary alicyclic amines) is 1. The molecule has 5 nitrogen and oxygen atoms in total. The number of carboxylic acid groups (broad SMARTS) is 1. The summed E-state index contributed by atoms with van der Waals surface area (Å²) < 4.78 is 5.13. The normalized spacial score (nSPS) is 22.2. The highest BCUT2D eigenvalue weighted by Gasteiger charge is 2.44. The van der Waals surface area contributed by atoms with Crippen molar-refractivity contribution in [2.24, 2.45) is 5.41 Å². The number of carbonyl (C=O) groups excluding carboxylic acids is 1. The van der Waals surface area contributed by atoms with Crippen LogP contribution in [0.5, 0.6) is 0 Å². The van der Waals surface area contributed by atoms with Crippen molar-refractivity contribution in [2.45, 2.75) is 36.3 Å². The maximum atomic E-state index is 12.9. The molecule has 1 fully saturated rings. The lowest BCUT2D eigenvalue weighted by Crippen LogP contribution is -2.53. The first-order valence-electron chi connectivity index (χ1n) is 8.25. The summed E-state index contributed by atoms with van der Waals surface area (Å²) in [5, 5.41) is 9.43. The molecule has 1 saturated heterocycles. The van der Waals surface area contributed by atoms with Gasteiger partial charge in [-0.05, 0) is 31.4 Å². The smallest absolute Gasteiger partial charge is 0.313 e. The molecule has 0 saturated carbocycles. The minimum atomic E-state index is -0.988. The molecule has 0 bridgehead atoms. The number of methoxy groups -OCH3 is 1. The molecule has 1 amide bonds. The van der Waals surface area contributed by atoms with Gasteiger partial charge in [0.2, 0.25) is 5.91 Å². The highest BCUT2D eigenvalue weighted by atomic mass is 32.2. The van der Waals surface area contributed by atoms with Gasteiger partial charge in [-0.25, -0.2) is 0 Å². The van der Waals surface area contributed by atoms with E-state index in [4.69, 9.17) is 4.74 Å². The molecule has 1 aromatic rings. The molecule has 2 rings (SSSR count). The number of aliphatic carboxylic acids is 1. The molecule has 0 radical (unpaired) electrons. The lowest BCUT2D eigenvalue weighted by molar-refractivity contribution is -0.159. The lowest BCUT2D eigenvalue weighted by atomic mass is 9.80. The van der Waals surface area contributed by atoms with Crippen LogP contribution in [0.25, 0.3) is 0 Å². The number of hydrogen-bond donors (Lipinski definition) is 1. The summed E-state index contributed by atoms with van der Waals surface area (Å²) in [5.74, 6) is -0.863. The predicted octanol–water partition coefficient (Wildman–Crippen LogP) is 2.90. The average molecular weight is 351 g/mol. The largest absolute Gasteiger partial charge is 0.481 e. The second-order valence-corrected chi connectivity index (χ2v) is 7.49. The zero-order valence-electron chi connectivity index (χ0n) is 14.2. The second kappa shape index (κ2) is 8.53. The Morgan fingerprint density at radius 2 is 2.08 bits per heavy atom. The molecule has 1 N–H and O–H groups in total. The molecule has 1 heterocycles. The van der Waals surface area contributed by atoms with Crippen LogP contribution in [-0.2, 0) is 14.3 Å². The topological polar surface area (TPSA) is 66.8 Å². The Labute approximate surface area is 147 Å². The first-order chi connectivity index (χ1) is 11.5. The van der Waals surface area contributed by atoms with Crippen LogP contribution < -0.4 is 0 Å². The van der Waals surface area contributed by atoms with Gasteiger partial charge in [0.25, 0.3) is 0 Å². The monoisotopic (exact) mass is 351 g/mol. The number of carbonyl (C=O) groups is 2. The van der Waals surface area contributed by atoms with Crippen molar-refractivity contribution in [3.8, 4) is 0 Å². The third-order valence-corrected chi connectivity index (χ3v) is 5.79. The number of benzene rings is 1. The minimum absolute atomic E-state index is 0.0211. The summed E-state index contributed by atoms with van der Waals surface area (Å²) >= 11 is 1.54. The van der Waals surface area contributed by atoms with Crippen molar-refractivity contribution < 1.29 is 19.4 Å². The van der Waals surface area contributed by atoms with Gasteiger partial charge < -0.3 is 14.7 Å². The van der Waals surface area contributed by atoms with Crippen LogP contribution in [0.4, 0.5) is 0 Å². The molecule has 6 heteroatoms. The van der Waals surface area contributed by atoms with Gasteiger partial charge >= 0.3 is 5.97 Å². The third kappa shape index (κ3) is 4.30. The van der Waals surface area contributed by atoms with Gasteiger partial charge in [0.15, 0.2) is 0 Å². The van der Waals surface area contributed by atoms with Crippen LogP contribution >= 0.6 is 11.8 Å². The standard InChI is InChI=1S/C18H25NO4S/c1-3-15(24-14-8-5-4-6-9-14)16(20)19-11-7-10-18(12-19,13-23-2)17(21)22/h4-6,8-9,15H,3,7,10-13H2,1-2H3,(H,21,22). The summed E-state index contributed by atoms with van der Waals surface area (Å²) in [6.45, 7) is 2.96. The summed E-state index contributed by atoms with van der Waals surface area (Å²) in [7, 11) is 1.51. The Balaban J connectivity index is 2.10. The van der Waals surface area contributed by atoms with E-state index in [2.05, 4.69) is 0 Å². The van der Waals surface area contributed by atoms with E-state index in [1.54, 1.807) is 16.7 Å². The van der Waals surface area contributed by atoms with Crippen LogP contribution in [-0.4, -0.2) is 53.9 Å². The summed E-state index contributed by atoms with van der Waals surface area (Å²) in [5.41, 5.74) is -0.988. The van der Waals surface area contributed by atoms with Gasteiger partial charge in [-0.2, -0.15) is 0 Å². The average Bonchev–Trinajstić information content (AvgIpc) is 2.60. The van der Waals surface area contributed by atoms with Crippen molar-refractivity contribution in [2.75, 3.05) is 26.8 Å². The van der Waals surface area contributed by atoms with E-state index in [0.29, 0.717) is 25.8 Å². The van der Waals surface area contributed by atoms with E-state index in [0.717, 1.165) is 4.90 Å². The third-order valence-electron chi connectivity index (χ3n) is 4.43. The van der Waals surface area contributed by atoms with E-state index >= 15 is 0 Å². The van der Waals surface area contributed by atoms with E-state index in [1.807, 2.05) is 37.3 Å². The maximum Gasteiger partial charge on any atom is 0.313 e. The molecule has 0 spiro atoms. The molecule has 24 heavy (non-hydrogen) atoms. The Morgan fingerprint density at radius 1 is 1.38 bits per heavy atom. The number of piperidine rings is 1. The van der Waals surface area contributed by atoms with Crippen molar-refractivity contribution in [1.82, 2.24) is 4.90 Å². The molecule has 1 aliphatic rings. The van der Waals surface area contributed by atoms with Crippen molar-refractivity contribution >= 4 is 23.6 Å². The van der Waals surface area contributed by atoms with Crippen LogP contribution in [0.2, 0.25) is 0 Å². The van der Waals surface area contributed by atoms with Crippen molar-refractivity contribution in [3.05, 3.63) is 30.3 Å². The highest BCUT2D eigenvalue weighted by molar-refractivity contribution is 8.00. The zero-order chi connectivity index (χ0) is 17.6. The van der Waals surface area contributed by atoms with Gasteiger partial charge in [0, 0.05) is 25.1 Å².